The fraction of sp³-hybridized carbons (Fsp3) is 0.450. The van der Waals surface area contributed by atoms with E-state index in [1.54, 1.807) is 12.4 Å². The molecule has 2 aliphatic heterocycles. The third-order valence-electron chi connectivity index (χ3n) is 4.82. The number of benzene rings is 1. The van der Waals surface area contributed by atoms with Gasteiger partial charge in [0, 0.05) is 45.1 Å². The van der Waals surface area contributed by atoms with Crippen molar-refractivity contribution >= 4 is 23.5 Å². The van der Waals surface area contributed by atoms with Crippen LogP contribution in [-0.4, -0.2) is 66.8 Å². The number of anilines is 1. The van der Waals surface area contributed by atoms with Gasteiger partial charge in [-0.25, -0.2) is 15.0 Å². The molecule has 0 saturated carbocycles. The molecular weight excluding hydrogens is 392 g/mol. The van der Waals surface area contributed by atoms with Gasteiger partial charge in [-0.15, -0.1) is 0 Å². The summed E-state index contributed by atoms with van der Waals surface area (Å²) in [7, 11) is 0. The summed E-state index contributed by atoms with van der Waals surface area (Å²) in [6, 6.07) is 5.69. The first-order valence-corrected chi connectivity index (χ1v) is 10.3. The van der Waals surface area contributed by atoms with Gasteiger partial charge in [0.2, 0.25) is 5.95 Å². The lowest BCUT2D eigenvalue weighted by atomic mass is 10.2. The molecule has 8 nitrogen and oxygen atoms in total. The van der Waals surface area contributed by atoms with Crippen molar-refractivity contribution in [1.82, 2.24) is 20.2 Å². The number of aromatic nitrogens is 2. The Bertz CT molecular complexity index is 856. The van der Waals surface area contributed by atoms with Crippen LogP contribution in [0.3, 0.4) is 0 Å². The van der Waals surface area contributed by atoms with E-state index in [1.807, 2.05) is 18.2 Å². The molecular formula is C20H25ClN6O2. The van der Waals surface area contributed by atoms with Crippen molar-refractivity contribution in [2.75, 3.05) is 50.8 Å². The molecule has 3 heterocycles. The summed E-state index contributed by atoms with van der Waals surface area (Å²) in [6.07, 6.45) is 3.55. The van der Waals surface area contributed by atoms with Crippen molar-refractivity contribution in [3.63, 3.8) is 0 Å². The molecule has 2 aromatic rings. The zero-order valence-electron chi connectivity index (χ0n) is 16.5. The molecule has 1 saturated heterocycles. The van der Waals surface area contributed by atoms with Gasteiger partial charge >= 0.3 is 0 Å². The van der Waals surface area contributed by atoms with Crippen LogP contribution in [0.1, 0.15) is 12.5 Å². The number of piperazine rings is 1. The van der Waals surface area contributed by atoms with Crippen LogP contribution in [0.25, 0.3) is 0 Å². The molecule has 154 valence electrons. The van der Waals surface area contributed by atoms with Gasteiger partial charge in [-0.2, -0.15) is 0 Å². The van der Waals surface area contributed by atoms with Crippen LogP contribution < -0.4 is 19.7 Å². The predicted molar refractivity (Wildman–Crippen MR) is 113 cm³/mol. The van der Waals surface area contributed by atoms with E-state index in [9.17, 15) is 0 Å². The second-order valence-corrected chi connectivity index (χ2v) is 7.20. The lowest BCUT2D eigenvalue weighted by Gasteiger charge is -2.36. The van der Waals surface area contributed by atoms with E-state index >= 15 is 0 Å². The Morgan fingerprint density at radius 3 is 2.66 bits per heavy atom. The monoisotopic (exact) mass is 416 g/mol. The summed E-state index contributed by atoms with van der Waals surface area (Å²) in [5, 5.41) is 3.96. The van der Waals surface area contributed by atoms with Crippen LogP contribution >= 0.6 is 11.6 Å². The quantitative estimate of drug-likeness (QED) is 0.604. The maximum atomic E-state index is 6.35. The van der Waals surface area contributed by atoms with Crippen molar-refractivity contribution < 1.29 is 9.47 Å². The number of hydrogen-bond acceptors (Lipinski definition) is 6. The highest BCUT2D eigenvalue weighted by Crippen LogP contribution is 2.38. The van der Waals surface area contributed by atoms with E-state index in [4.69, 9.17) is 26.1 Å². The standard InChI is InChI=1S/C20H25ClN6O2/c1-2-22-19(26-6-8-27(9-7-26)20-23-4-3-5-24-20)25-14-15-12-16(21)18-17(13-15)28-10-11-29-18/h3-5,12-13H,2,6-11,14H2,1H3,(H,22,25). The Kier molecular flexibility index (Phi) is 6.19. The van der Waals surface area contributed by atoms with E-state index in [2.05, 4.69) is 32.0 Å². The molecule has 9 heteroatoms. The van der Waals surface area contributed by atoms with E-state index < -0.39 is 0 Å². The van der Waals surface area contributed by atoms with Gasteiger partial charge in [0.25, 0.3) is 0 Å². The molecule has 0 bridgehead atoms. The molecule has 2 aliphatic rings. The van der Waals surface area contributed by atoms with E-state index in [1.165, 1.54) is 0 Å². The molecule has 1 aromatic carbocycles. The lowest BCUT2D eigenvalue weighted by molar-refractivity contribution is 0.171. The second-order valence-electron chi connectivity index (χ2n) is 6.79. The maximum Gasteiger partial charge on any atom is 0.225 e. The number of fused-ring (bicyclic) bond motifs is 1. The predicted octanol–water partition coefficient (Wildman–Crippen LogP) is 2.19. The SMILES string of the molecule is CCNC(=NCc1cc(Cl)c2c(c1)OCCO2)N1CCN(c2ncccn2)CC1. The summed E-state index contributed by atoms with van der Waals surface area (Å²) in [4.78, 5) is 18.0. The topological polar surface area (TPSA) is 75.1 Å². The third kappa shape index (κ3) is 4.64. The zero-order chi connectivity index (χ0) is 20.1. The maximum absolute atomic E-state index is 6.35. The first-order valence-electron chi connectivity index (χ1n) is 9.88. The summed E-state index contributed by atoms with van der Waals surface area (Å²) >= 11 is 6.35. The Balaban J connectivity index is 1.43. The van der Waals surface area contributed by atoms with Gasteiger partial charge in [0.15, 0.2) is 17.5 Å². The Labute approximate surface area is 175 Å². The number of aliphatic imine (C=N–C) groups is 1. The molecule has 0 spiro atoms. The molecule has 0 radical (unpaired) electrons. The lowest BCUT2D eigenvalue weighted by Crippen LogP contribution is -2.52. The number of nitrogens with one attached hydrogen (secondary N) is 1. The third-order valence-corrected chi connectivity index (χ3v) is 5.10. The van der Waals surface area contributed by atoms with Gasteiger partial charge in [-0.3, -0.25) is 0 Å². The smallest absolute Gasteiger partial charge is 0.225 e. The van der Waals surface area contributed by atoms with Crippen molar-refractivity contribution in [2.45, 2.75) is 13.5 Å². The van der Waals surface area contributed by atoms with E-state index in [0.717, 1.165) is 50.2 Å². The number of ether oxygens (including phenoxy) is 2. The summed E-state index contributed by atoms with van der Waals surface area (Å²) in [6.45, 7) is 7.86. The number of guanidine groups is 1. The van der Waals surface area contributed by atoms with Crippen LogP contribution in [0.2, 0.25) is 5.02 Å². The largest absolute Gasteiger partial charge is 0.486 e. The van der Waals surface area contributed by atoms with Crippen molar-refractivity contribution in [3.8, 4) is 11.5 Å². The first-order chi connectivity index (χ1) is 14.2. The van der Waals surface area contributed by atoms with E-state index in [-0.39, 0.29) is 0 Å². The highest BCUT2D eigenvalue weighted by Gasteiger charge is 2.21. The van der Waals surface area contributed by atoms with Crippen LogP contribution in [0, 0.1) is 0 Å². The van der Waals surface area contributed by atoms with Crippen molar-refractivity contribution in [3.05, 3.63) is 41.2 Å². The highest BCUT2D eigenvalue weighted by molar-refractivity contribution is 6.32. The first kappa shape index (κ1) is 19.6. The van der Waals surface area contributed by atoms with Gasteiger partial charge in [0.05, 0.1) is 11.6 Å². The minimum absolute atomic E-state index is 0.515. The average Bonchev–Trinajstić information content (AvgIpc) is 2.77. The molecule has 1 aromatic heterocycles. The van der Waals surface area contributed by atoms with Gasteiger partial charge < -0.3 is 24.6 Å². The van der Waals surface area contributed by atoms with Crippen LogP contribution in [0.5, 0.6) is 11.5 Å². The molecule has 1 N–H and O–H groups in total. The number of nitrogens with zero attached hydrogens (tertiary/aromatic N) is 5. The van der Waals surface area contributed by atoms with Crippen molar-refractivity contribution in [2.24, 2.45) is 4.99 Å². The molecule has 0 amide bonds. The number of halogens is 1. The number of rotatable bonds is 4. The minimum atomic E-state index is 0.515. The summed E-state index contributed by atoms with van der Waals surface area (Å²) in [5.41, 5.74) is 0.992. The fourth-order valence-corrected chi connectivity index (χ4v) is 3.71. The number of hydrogen-bond donors (Lipinski definition) is 1. The van der Waals surface area contributed by atoms with Crippen LogP contribution in [-0.2, 0) is 6.54 Å². The fourth-order valence-electron chi connectivity index (χ4n) is 3.42. The summed E-state index contributed by atoms with van der Waals surface area (Å²) in [5.74, 6) is 2.99. The molecule has 1 fully saturated rings. The second kappa shape index (κ2) is 9.17. The molecule has 29 heavy (non-hydrogen) atoms. The molecule has 0 atom stereocenters. The van der Waals surface area contributed by atoms with Crippen LogP contribution in [0.15, 0.2) is 35.6 Å². The molecule has 0 unspecified atom stereocenters. The highest BCUT2D eigenvalue weighted by atomic mass is 35.5. The summed E-state index contributed by atoms with van der Waals surface area (Å²) < 4.78 is 11.3. The van der Waals surface area contributed by atoms with Gasteiger partial charge in [-0.05, 0) is 30.7 Å². The zero-order valence-corrected chi connectivity index (χ0v) is 17.2. The normalized spacial score (nSPS) is 16.7. The Morgan fingerprint density at radius 1 is 1.14 bits per heavy atom. The molecule has 0 aliphatic carbocycles. The Morgan fingerprint density at radius 2 is 1.90 bits per heavy atom. The van der Waals surface area contributed by atoms with Crippen LogP contribution in [0.4, 0.5) is 5.95 Å². The molecule has 4 rings (SSSR count). The van der Waals surface area contributed by atoms with Crippen molar-refractivity contribution in [1.29, 1.82) is 0 Å². The van der Waals surface area contributed by atoms with Gasteiger partial charge in [0.1, 0.15) is 13.2 Å². The Hall–Kier alpha value is -2.74. The van der Waals surface area contributed by atoms with E-state index in [0.29, 0.717) is 36.3 Å². The average molecular weight is 417 g/mol. The minimum Gasteiger partial charge on any atom is -0.486 e. The van der Waals surface area contributed by atoms with Gasteiger partial charge in [-0.1, -0.05) is 11.6 Å².